The molecule has 0 fully saturated rings. The Hall–Kier alpha value is -1.02. The zero-order chi connectivity index (χ0) is 14.5. The number of hydrogen-bond donors (Lipinski definition) is 1. The van der Waals surface area contributed by atoms with Crippen molar-refractivity contribution in [3.8, 4) is 5.75 Å². The first-order valence-electron chi connectivity index (χ1n) is 7.30. The molecule has 0 spiro atoms. The summed E-state index contributed by atoms with van der Waals surface area (Å²) in [6.07, 6.45) is 0. The van der Waals surface area contributed by atoms with Crippen LogP contribution in [0.3, 0.4) is 0 Å². The van der Waals surface area contributed by atoms with Crippen LogP contribution in [0.2, 0.25) is 0 Å². The molecule has 0 aliphatic rings. The van der Waals surface area contributed by atoms with Gasteiger partial charge in [-0.05, 0) is 49.4 Å². The lowest BCUT2D eigenvalue weighted by atomic mass is 9.82. The largest absolute Gasteiger partial charge is 0.494 e. The highest BCUT2D eigenvalue weighted by Crippen LogP contribution is 2.25. The van der Waals surface area contributed by atoms with Gasteiger partial charge in [0.1, 0.15) is 5.75 Å². The van der Waals surface area contributed by atoms with Crippen LogP contribution in [0.1, 0.15) is 53.1 Å². The Morgan fingerprint density at radius 3 is 2.16 bits per heavy atom. The fraction of sp³-hybridized carbons (Fsp3) is 0.647. The van der Waals surface area contributed by atoms with Gasteiger partial charge in [-0.3, -0.25) is 0 Å². The Morgan fingerprint density at radius 2 is 1.68 bits per heavy atom. The molecule has 108 valence electrons. The molecular formula is C17H29NO. The maximum atomic E-state index is 5.46. The molecule has 1 rings (SSSR count). The van der Waals surface area contributed by atoms with Gasteiger partial charge in [-0.1, -0.05) is 39.8 Å². The number of benzene rings is 1. The van der Waals surface area contributed by atoms with Crippen LogP contribution in [0.15, 0.2) is 24.3 Å². The van der Waals surface area contributed by atoms with Crippen LogP contribution in [-0.4, -0.2) is 13.2 Å². The predicted octanol–water partition coefficient (Wildman–Crippen LogP) is 4.42. The van der Waals surface area contributed by atoms with E-state index in [9.17, 15) is 0 Å². The molecule has 2 nitrogen and oxygen atoms in total. The molecule has 0 saturated carbocycles. The summed E-state index contributed by atoms with van der Waals surface area (Å²) in [6, 6.07) is 8.75. The molecule has 1 N–H and O–H groups in total. The summed E-state index contributed by atoms with van der Waals surface area (Å²) in [5.41, 5.74) is 1.66. The third kappa shape index (κ3) is 5.23. The lowest BCUT2D eigenvalue weighted by Gasteiger charge is -2.29. The van der Waals surface area contributed by atoms with Crippen LogP contribution in [0.5, 0.6) is 5.75 Å². The minimum Gasteiger partial charge on any atom is -0.494 e. The van der Waals surface area contributed by atoms with Crippen molar-refractivity contribution < 1.29 is 4.74 Å². The van der Waals surface area contributed by atoms with Gasteiger partial charge in [0.05, 0.1) is 6.61 Å². The van der Waals surface area contributed by atoms with E-state index in [0.29, 0.717) is 17.4 Å². The fourth-order valence-corrected chi connectivity index (χ4v) is 1.80. The molecule has 2 unspecified atom stereocenters. The Kier molecular flexibility index (Phi) is 5.86. The molecule has 0 aliphatic heterocycles. The highest BCUT2D eigenvalue weighted by molar-refractivity contribution is 5.28. The number of nitrogens with one attached hydrogen (secondary N) is 1. The molecule has 0 amide bonds. The van der Waals surface area contributed by atoms with Crippen LogP contribution in [0.4, 0.5) is 0 Å². The molecule has 0 radical (unpaired) electrons. The lowest BCUT2D eigenvalue weighted by Crippen LogP contribution is -2.31. The van der Waals surface area contributed by atoms with Gasteiger partial charge in [0.15, 0.2) is 0 Å². The summed E-state index contributed by atoms with van der Waals surface area (Å²) in [4.78, 5) is 0. The molecule has 0 bridgehead atoms. The van der Waals surface area contributed by atoms with Crippen molar-refractivity contribution in [1.82, 2.24) is 5.32 Å². The van der Waals surface area contributed by atoms with Gasteiger partial charge in [-0.2, -0.15) is 0 Å². The summed E-state index contributed by atoms with van der Waals surface area (Å²) < 4.78 is 5.46. The Bertz CT molecular complexity index is 364. The normalized spacial score (nSPS) is 15.1. The van der Waals surface area contributed by atoms with Crippen molar-refractivity contribution in [2.75, 3.05) is 13.2 Å². The number of ether oxygens (including phenoxy) is 1. The molecule has 0 aliphatic carbocycles. The van der Waals surface area contributed by atoms with Gasteiger partial charge in [-0.15, -0.1) is 0 Å². The fourth-order valence-electron chi connectivity index (χ4n) is 1.80. The predicted molar refractivity (Wildman–Crippen MR) is 82.6 cm³/mol. The van der Waals surface area contributed by atoms with Crippen molar-refractivity contribution in [2.24, 2.45) is 11.3 Å². The van der Waals surface area contributed by atoms with Gasteiger partial charge < -0.3 is 10.1 Å². The standard InChI is InChI=1S/C17H29NO/c1-7-19-16-10-8-15(9-11-16)14(3)18-12-13(2)17(4,5)6/h8-11,13-14,18H,7,12H2,1-6H3. The Labute approximate surface area is 118 Å². The van der Waals surface area contributed by atoms with Crippen molar-refractivity contribution >= 4 is 0 Å². The van der Waals surface area contributed by atoms with E-state index in [4.69, 9.17) is 4.74 Å². The highest BCUT2D eigenvalue weighted by Gasteiger charge is 2.20. The van der Waals surface area contributed by atoms with E-state index < -0.39 is 0 Å². The summed E-state index contributed by atoms with van der Waals surface area (Å²) in [5.74, 6) is 1.60. The van der Waals surface area contributed by atoms with E-state index in [1.807, 2.05) is 19.1 Å². The van der Waals surface area contributed by atoms with Crippen molar-refractivity contribution in [3.05, 3.63) is 29.8 Å². The van der Waals surface area contributed by atoms with E-state index in [0.717, 1.165) is 18.9 Å². The smallest absolute Gasteiger partial charge is 0.119 e. The molecule has 2 heteroatoms. The molecule has 1 aromatic rings. The monoisotopic (exact) mass is 263 g/mol. The summed E-state index contributed by atoms with van der Waals surface area (Å²) in [5, 5.41) is 3.62. The highest BCUT2D eigenvalue weighted by atomic mass is 16.5. The third-order valence-electron chi connectivity index (χ3n) is 3.90. The van der Waals surface area contributed by atoms with Crippen LogP contribution in [-0.2, 0) is 0 Å². The first kappa shape index (κ1) is 16.0. The van der Waals surface area contributed by atoms with Gasteiger partial charge >= 0.3 is 0 Å². The maximum absolute atomic E-state index is 5.46. The zero-order valence-corrected chi connectivity index (χ0v) is 13.3. The van der Waals surface area contributed by atoms with E-state index >= 15 is 0 Å². The van der Waals surface area contributed by atoms with Crippen molar-refractivity contribution in [3.63, 3.8) is 0 Å². The average molecular weight is 263 g/mol. The summed E-state index contributed by atoms with van der Waals surface area (Å²) in [6.45, 7) is 15.2. The van der Waals surface area contributed by atoms with Crippen LogP contribution in [0.25, 0.3) is 0 Å². The van der Waals surface area contributed by atoms with E-state index in [-0.39, 0.29) is 0 Å². The molecule has 1 aromatic carbocycles. The third-order valence-corrected chi connectivity index (χ3v) is 3.90. The molecule has 19 heavy (non-hydrogen) atoms. The Balaban J connectivity index is 2.51. The number of hydrogen-bond acceptors (Lipinski definition) is 2. The van der Waals surface area contributed by atoms with Crippen molar-refractivity contribution in [2.45, 2.75) is 47.6 Å². The second-order valence-corrected chi connectivity index (χ2v) is 6.40. The Morgan fingerprint density at radius 1 is 1.11 bits per heavy atom. The SMILES string of the molecule is CCOc1ccc(C(C)NCC(C)C(C)(C)C)cc1. The van der Waals surface area contributed by atoms with E-state index in [2.05, 4.69) is 52.1 Å². The number of rotatable bonds is 6. The van der Waals surface area contributed by atoms with Crippen LogP contribution in [0, 0.1) is 11.3 Å². The molecule has 2 atom stereocenters. The molecular weight excluding hydrogens is 234 g/mol. The lowest BCUT2D eigenvalue weighted by molar-refractivity contribution is 0.247. The summed E-state index contributed by atoms with van der Waals surface area (Å²) in [7, 11) is 0. The minimum absolute atomic E-state index is 0.353. The zero-order valence-electron chi connectivity index (χ0n) is 13.3. The van der Waals surface area contributed by atoms with Gasteiger partial charge in [0.2, 0.25) is 0 Å². The van der Waals surface area contributed by atoms with Crippen molar-refractivity contribution in [1.29, 1.82) is 0 Å². The topological polar surface area (TPSA) is 21.3 Å². The molecule has 0 heterocycles. The van der Waals surface area contributed by atoms with Crippen LogP contribution >= 0.6 is 0 Å². The minimum atomic E-state index is 0.353. The van der Waals surface area contributed by atoms with Gasteiger partial charge in [0.25, 0.3) is 0 Å². The van der Waals surface area contributed by atoms with Gasteiger partial charge in [0, 0.05) is 6.04 Å². The summed E-state index contributed by atoms with van der Waals surface area (Å²) >= 11 is 0. The quantitative estimate of drug-likeness (QED) is 0.820. The first-order chi connectivity index (χ1) is 8.84. The first-order valence-corrected chi connectivity index (χ1v) is 7.30. The van der Waals surface area contributed by atoms with E-state index in [1.54, 1.807) is 0 Å². The van der Waals surface area contributed by atoms with Crippen LogP contribution < -0.4 is 10.1 Å². The molecule has 0 saturated heterocycles. The molecule has 0 aromatic heterocycles. The van der Waals surface area contributed by atoms with E-state index in [1.165, 1.54) is 5.56 Å². The second-order valence-electron chi connectivity index (χ2n) is 6.40. The maximum Gasteiger partial charge on any atom is 0.119 e. The average Bonchev–Trinajstić information content (AvgIpc) is 2.35. The van der Waals surface area contributed by atoms with Gasteiger partial charge in [-0.25, -0.2) is 0 Å². The second kappa shape index (κ2) is 6.95.